The molecule has 0 saturated carbocycles. The van der Waals surface area contributed by atoms with Crippen molar-refractivity contribution in [2.24, 2.45) is 0 Å². The van der Waals surface area contributed by atoms with Crippen LogP contribution in [0.15, 0.2) is 22.7 Å². The number of carbonyl (C=O) groups is 1. The molecule has 0 spiro atoms. The topological polar surface area (TPSA) is 32.3 Å². The van der Waals surface area contributed by atoms with Gasteiger partial charge in [0, 0.05) is 22.6 Å². The second-order valence-corrected chi connectivity index (χ2v) is 6.59. The average Bonchev–Trinajstić information content (AvgIpc) is 2.44. The number of rotatable bonds is 4. The van der Waals surface area contributed by atoms with Crippen molar-refractivity contribution >= 4 is 21.8 Å². The Morgan fingerprint density at radius 1 is 1.30 bits per heavy atom. The Bertz CT molecular complexity index is 449. The maximum absolute atomic E-state index is 12.2. The maximum Gasteiger partial charge on any atom is 0.251 e. The monoisotopic (exact) mass is 338 g/mol. The van der Waals surface area contributed by atoms with Crippen molar-refractivity contribution in [3.63, 3.8) is 0 Å². The fraction of sp³-hybridized carbons (Fsp3) is 0.562. The number of aryl methyl sites for hydroxylation is 1. The molecule has 0 radical (unpaired) electrons. The Hall–Kier alpha value is -0.870. The highest BCUT2D eigenvalue weighted by Crippen LogP contribution is 2.15. The molecule has 1 amide bonds. The Morgan fingerprint density at radius 2 is 2.00 bits per heavy atom. The fourth-order valence-corrected chi connectivity index (χ4v) is 3.31. The molecule has 1 unspecified atom stereocenters. The van der Waals surface area contributed by atoms with Crippen molar-refractivity contribution in [1.29, 1.82) is 0 Å². The van der Waals surface area contributed by atoms with Crippen molar-refractivity contribution in [3.05, 3.63) is 33.8 Å². The zero-order valence-corrected chi connectivity index (χ0v) is 13.9. The first kappa shape index (κ1) is 15.5. The van der Waals surface area contributed by atoms with Gasteiger partial charge in [0.15, 0.2) is 0 Å². The first-order chi connectivity index (χ1) is 9.56. The van der Waals surface area contributed by atoms with Gasteiger partial charge in [-0.05, 0) is 63.5 Å². The summed E-state index contributed by atoms with van der Waals surface area (Å²) in [5, 5.41) is 3.05. The van der Waals surface area contributed by atoms with Crippen molar-refractivity contribution in [2.45, 2.75) is 39.2 Å². The van der Waals surface area contributed by atoms with E-state index >= 15 is 0 Å². The predicted molar refractivity (Wildman–Crippen MR) is 86.1 cm³/mol. The molecule has 1 N–H and O–H groups in total. The number of hydrogen-bond donors (Lipinski definition) is 1. The summed E-state index contributed by atoms with van der Waals surface area (Å²) in [6.07, 6.45) is 3.90. The summed E-state index contributed by atoms with van der Waals surface area (Å²) in [6.45, 7) is 7.22. The number of nitrogens with zero attached hydrogens (tertiary/aromatic N) is 1. The van der Waals surface area contributed by atoms with Gasteiger partial charge >= 0.3 is 0 Å². The third-order valence-electron chi connectivity index (χ3n) is 3.88. The van der Waals surface area contributed by atoms with E-state index in [0.717, 1.165) is 28.7 Å². The largest absolute Gasteiger partial charge is 0.350 e. The molecular weight excluding hydrogens is 316 g/mol. The van der Waals surface area contributed by atoms with Gasteiger partial charge < -0.3 is 5.32 Å². The smallest absolute Gasteiger partial charge is 0.251 e. The minimum Gasteiger partial charge on any atom is -0.350 e. The quantitative estimate of drug-likeness (QED) is 0.912. The molecule has 110 valence electrons. The molecule has 1 saturated heterocycles. The van der Waals surface area contributed by atoms with E-state index in [1.807, 2.05) is 25.1 Å². The molecule has 4 heteroatoms. The molecule has 1 aliphatic rings. The number of halogens is 1. The van der Waals surface area contributed by atoms with E-state index in [9.17, 15) is 4.79 Å². The second-order valence-electron chi connectivity index (χ2n) is 5.67. The van der Waals surface area contributed by atoms with Crippen LogP contribution in [-0.2, 0) is 0 Å². The van der Waals surface area contributed by atoms with Gasteiger partial charge in [-0.15, -0.1) is 0 Å². The van der Waals surface area contributed by atoms with E-state index in [-0.39, 0.29) is 5.91 Å². The third-order valence-corrected chi connectivity index (χ3v) is 4.33. The van der Waals surface area contributed by atoms with Crippen LogP contribution in [-0.4, -0.2) is 36.5 Å². The molecule has 1 heterocycles. The summed E-state index contributed by atoms with van der Waals surface area (Å²) in [7, 11) is 0. The van der Waals surface area contributed by atoms with Crippen molar-refractivity contribution in [2.75, 3.05) is 19.6 Å². The zero-order chi connectivity index (χ0) is 14.5. The van der Waals surface area contributed by atoms with Crippen molar-refractivity contribution in [1.82, 2.24) is 10.2 Å². The van der Waals surface area contributed by atoms with Gasteiger partial charge in [-0.25, -0.2) is 0 Å². The molecule has 1 aliphatic heterocycles. The number of benzene rings is 1. The van der Waals surface area contributed by atoms with E-state index in [1.54, 1.807) is 0 Å². The van der Waals surface area contributed by atoms with Gasteiger partial charge in [0.1, 0.15) is 0 Å². The first-order valence-electron chi connectivity index (χ1n) is 7.35. The molecule has 20 heavy (non-hydrogen) atoms. The van der Waals surface area contributed by atoms with Crippen LogP contribution in [0.5, 0.6) is 0 Å². The van der Waals surface area contributed by atoms with E-state index in [1.165, 1.54) is 19.3 Å². The molecule has 0 aliphatic carbocycles. The highest BCUT2D eigenvalue weighted by molar-refractivity contribution is 9.10. The van der Waals surface area contributed by atoms with E-state index in [2.05, 4.69) is 33.1 Å². The Labute approximate surface area is 129 Å². The maximum atomic E-state index is 12.2. The molecular formula is C16H23BrN2O. The van der Waals surface area contributed by atoms with Crippen LogP contribution in [0.4, 0.5) is 0 Å². The Kier molecular flexibility index (Phi) is 5.61. The molecule has 0 aromatic heterocycles. The summed E-state index contributed by atoms with van der Waals surface area (Å²) in [4.78, 5) is 14.7. The number of amides is 1. The number of piperidine rings is 1. The van der Waals surface area contributed by atoms with Crippen LogP contribution >= 0.6 is 15.9 Å². The molecule has 1 fully saturated rings. The van der Waals surface area contributed by atoms with Crippen LogP contribution < -0.4 is 5.32 Å². The van der Waals surface area contributed by atoms with Gasteiger partial charge in [-0.2, -0.15) is 0 Å². The molecule has 1 aromatic rings. The minimum atomic E-state index is 0.0123. The lowest BCUT2D eigenvalue weighted by molar-refractivity contribution is 0.0930. The predicted octanol–water partition coefficient (Wildman–Crippen LogP) is 3.36. The van der Waals surface area contributed by atoms with Crippen molar-refractivity contribution < 1.29 is 4.79 Å². The number of likely N-dealkylation sites (tertiary alicyclic amines) is 1. The lowest BCUT2D eigenvalue weighted by atomic mass is 10.1. The molecule has 1 atom stereocenters. The standard InChI is InChI=1S/C16H23BrN2O/c1-12-8-14(10-15(17)9-12)16(20)18-11-13(2)19-6-4-3-5-7-19/h8-10,13H,3-7,11H2,1-2H3,(H,18,20). The lowest BCUT2D eigenvalue weighted by Gasteiger charge is -2.32. The summed E-state index contributed by atoms with van der Waals surface area (Å²) >= 11 is 3.44. The Balaban J connectivity index is 1.87. The molecule has 3 nitrogen and oxygen atoms in total. The van der Waals surface area contributed by atoms with Gasteiger partial charge in [-0.3, -0.25) is 9.69 Å². The minimum absolute atomic E-state index is 0.0123. The molecule has 1 aromatic carbocycles. The van der Waals surface area contributed by atoms with E-state index < -0.39 is 0 Å². The van der Waals surface area contributed by atoms with Gasteiger partial charge in [0.05, 0.1) is 0 Å². The van der Waals surface area contributed by atoms with E-state index in [0.29, 0.717) is 12.6 Å². The second kappa shape index (κ2) is 7.23. The zero-order valence-electron chi connectivity index (χ0n) is 12.3. The first-order valence-corrected chi connectivity index (χ1v) is 8.15. The Morgan fingerprint density at radius 3 is 2.65 bits per heavy atom. The van der Waals surface area contributed by atoms with Crippen LogP contribution in [0.2, 0.25) is 0 Å². The summed E-state index contributed by atoms with van der Waals surface area (Å²) in [5.74, 6) is 0.0123. The van der Waals surface area contributed by atoms with Crippen LogP contribution in [0.1, 0.15) is 42.1 Å². The van der Waals surface area contributed by atoms with Crippen LogP contribution in [0, 0.1) is 6.92 Å². The summed E-state index contributed by atoms with van der Waals surface area (Å²) in [5.41, 5.74) is 1.82. The lowest BCUT2D eigenvalue weighted by Crippen LogP contribution is -2.44. The molecule has 0 bridgehead atoms. The number of hydrogen-bond acceptors (Lipinski definition) is 2. The highest BCUT2D eigenvalue weighted by atomic mass is 79.9. The molecule has 2 rings (SSSR count). The number of carbonyl (C=O) groups excluding carboxylic acids is 1. The van der Waals surface area contributed by atoms with Crippen LogP contribution in [0.3, 0.4) is 0 Å². The SMILES string of the molecule is Cc1cc(Br)cc(C(=O)NCC(C)N2CCCCC2)c1. The summed E-state index contributed by atoms with van der Waals surface area (Å²) in [6, 6.07) is 6.21. The summed E-state index contributed by atoms with van der Waals surface area (Å²) < 4.78 is 0.951. The average molecular weight is 339 g/mol. The third kappa shape index (κ3) is 4.32. The number of nitrogens with one attached hydrogen (secondary N) is 1. The van der Waals surface area contributed by atoms with Crippen LogP contribution in [0.25, 0.3) is 0 Å². The fourth-order valence-electron chi connectivity index (χ4n) is 2.70. The van der Waals surface area contributed by atoms with Crippen molar-refractivity contribution in [3.8, 4) is 0 Å². The van der Waals surface area contributed by atoms with Gasteiger partial charge in [-0.1, -0.05) is 22.4 Å². The van der Waals surface area contributed by atoms with Gasteiger partial charge in [0.2, 0.25) is 0 Å². The highest BCUT2D eigenvalue weighted by Gasteiger charge is 2.17. The van der Waals surface area contributed by atoms with Gasteiger partial charge in [0.25, 0.3) is 5.91 Å². The normalized spacial score (nSPS) is 17.8. The van der Waals surface area contributed by atoms with E-state index in [4.69, 9.17) is 0 Å².